The van der Waals surface area contributed by atoms with Crippen LogP contribution in [0.2, 0.25) is 0 Å². The molecule has 1 aromatic carbocycles. The number of amides is 2. The fourth-order valence-corrected chi connectivity index (χ4v) is 4.46. The van der Waals surface area contributed by atoms with E-state index in [1.165, 1.54) is 0 Å². The Bertz CT molecular complexity index is 753. The maximum Gasteiger partial charge on any atom is 0.256 e. The summed E-state index contributed by atoms with van der Waals surface area (Å²) >= 11 is 0. The van der Waals surface area contributed by atoms with Crippen molar-refractivity contribution < 1.29 is 9.59 Å². The van der Waals surface area contributed by atoms with E-state index >= 15 is 0 Å². The highest BCUT2D eigenvalue weighted by Crippen LogP contribution is 2.33. The SMILES string of the molecule is CCCN1CCN(C(=O)c2ccc(NC(=O)C3CC3)cc2N2CCC(C)C2)CC1. The lowest BCUT2D eigenvalue weighted by atomic mass is 10.1. The quantitative estimate of drug-likeness (QED) is 0.800. The van der Waals surface area contributed by atoms with E-state index in [2.05, 4.69) is 29.0 Å². The number of carbonyl (C=O) groups is 2. The summed E-state index contributed by atoms with van der Waals surface area (Å²) in [5.74, 6) is 1.03. The molecule has 4 rings (SSSR count). The molecule has 3 aliphatic rings. The Balaban J connectivity index is 1.53. The van der Waals surface area contributed by atoms with Crippen molar-refractivity contribution in [2.24, 2.45) is 11.8 Å². The van der Waals surface area contributed by atoms with Gasteiger partial charge >= 0.3 is 0 Å². The predicted molar refractivity (Wildman–Crippen MR) is 116 cm³/mol. The Morgan fingerprint density at radius 3 is 2.45 bits per heavy atom. The number of hydrogen-bond donors (Lipinski definition) is 1. The molecule has 3 fully saturated rings. The summed E-state index contributed by atoms with van der Waals surface area (Å²) < 4.78 is 0. The fourth-order valence-electron chi connectivity index (χ4n) is 4.46. The summed E-state index contributed by atoms with van der Waals surface area (Å²) in [6.45, 7) is 11.0. The molecule has 1 unspecified atom stereocenters. The lowest BCUT2D eigenvalue weighted by Crippen LogP contribution is -2.49. The summed E-state index contributed by atoms with van der Waals surface area (Å²) in [7, 11) is 0. The molecule has 1 saturated carbocycles. The van der Waals surface area contributed by atoms with Crippen LogP contribution < -0.4 is 10.2 Å². The van der Waals surface area contributed by atoms with Gasteiger partial charge in [-0.25, -0.2) is 0 Å². The number of piperazine rings is 1. The monoisotopic (exact) mass is 398 g/mol. The smallest absolute Gasteiger partial charge is 0.256 e. The second kappa shape index (κ2) is 8.74. The first-order chi connectivity index (χ1) is 14.0. The van der Waals surface area contributed by atoms with Gasteiger partial charge in [-0.2, -0.15) is 0 Å². The van der Waals surface area contributed by atoms with E-state index in [1.807, 2.05) is 23.1 Å². The molecule has 2 saturated heterocycles. The average molecular weight is 399 g/mol. The summed E-state index contributed by atoms with van der Waals surface area (Å²) in [6.07, 6.45) is 4.27. The standard InChI is InChI=1S/C23H34N4O2/c1-3-9-25-11-13-26(14-12-25)23(29)20-7-6-19(24-22(28)18-4-5-18)15-21(20)27-10-8-17(2)16-27/h6-7,15,17-18H,3-5,8-14,16H2,1-2H3,(H,24,28). The second-order valence-electron chi connectivity index (χ2n) is 8.97. The zero-order valence-electron chi connectivity index (χ0n) is 17.8. The van der Waals surface area contributed by atoms with Crippen molar-refractivity contribution in [3.63, 3.8) is 0 Å². The Morgan fingerprint density at radius 2 is 1.83 bits per heavy atom. The van der Waals surface area contributed by atoms with Crippen LogP contribution >= 0.6 is 0 Å². The van der Waals surface area contributed by atoms with Gasteiger partial charge in [-0.3, -0.25) is 14.5 Å². The summed E-state index contributed by atoms with van der Waals surface area (Å²) in [6, 6.07) is 5.82. The Hall–Kier alpha value is -2.08. The van der Waals surface area contributed by atoms with Gasteiger partial charge in [-0.1, -0.05) is 13.8 Å². The molecule has 0 bridgehead atoms. The first kappa shape index (κ1) is 20.2. The van der Waals surface area contributed by atoms with Crippen molar-refractivity contribution in [1.29, 1.82) is 0 Å². The van der Waals surface area contributed by atoms with E-state index in [4.69, 9.17) is 0 Å². The van der Waals surface area contributed by atoms with Gasteiger partial charge < -0.3 is 15.1 Å². The fraction of sp³-hybridized carbons (Fsp3) is 0.652. The molecule has 1 N–H and O–H groups in total. The third kappa shape index (κ3) is 4.74. The normalized spacial score (nSPS) is 22.8. The first-order valence-corrected chi connectivity index (χ1v) is 11.3. The molecule has 158 valence electrons. The van der Waals surface area contributed by atoms with Crippen LogP contribution in [0, 0.1) is 11.8 Å². The number of anilines is 2. The zero-order chi connectivity index (χ0) is 20.4. The minimum Gasteiger partial charge on any atom is -0.371 e. The zero-order valence-corrected chi connectivity index (χ0v) is 17.8. The Kier molecular flexibility index (Phi) is 6.09. The highest BCUT2D eigenvalue weighted by molar-refractivity contribution is 6.02. The van der Waals surface area contributed by atoms with E-state index in [0.717, 1.165) is 88.4 Å². The summed E-state index contributed by atoms with van der Waals surface area (Å²) in [5.41, 5.74) is 2.55. The van der Waals surface area contributed by atoms with Gasteiger partial charge in [0.1, 0.15) is 0 Å². The molecule has 1 aromatic rings. The molecular weight excluding hydrogens is 364 g/mol. The highest BCUT2D eigenvalue weighted by Gasteiger charge is 2.31. The maximum absolute atomic E-state index is 13.4. The number of nitrogens with zero attached hydrogens (tertiary/aromatic N) is 3. The van der Waals surface area contributed by atoms with Gasteiger partial charge in [0.25, 0.3) is 5.91 Å². The molecule has 2 heterocycles. The van der Waals surface area contributed by atoms with E-state index in [1.54, 1.807) is 0 Å². The van der Waals surface area contributed by atoms with Crippen LogP contribution in [0.15, 0.2) is 18.2 Å². The van der Waals surface area contributed by atoms with Crippen LogP contribution in [0.25, 0.3) is 0 Å². The number of rotatable bonds is 6. The third-order valence-corrected chi connectivity index (χ3v) is 6.41. The van der Waals surface area contributed by atoms with Crippen molar-refractivity contribution in [3.8, 4) is 0 Å². The molecular formula is C23H34N4O2. The third-order valence-electron chi connectivity index (χ3n) is 6.41. The molecule has 0 aromatic heterocycles. The predicted octanol–water partition coefficient (Wildman–Crippen LogP) is 3.05. The van der Waals surface area contributed by atoms with Gasteiger partial charge in [0.2, 0.25) is 5.91 Å². The van der Waals surface area contributed by atoms with Gasteiger partial charge in [-0.05, 0) is 56.3 Å². The van der Waals surface area contributed by atoms with Crippen LogP contribution in [0.4, 0.5) is 11.4 Å². The molecule has 6 heteroatoms. The number of carbonyl (C=O) groups excluding carboxylic acids is 2. The van der Waals surface area contributed by atoms with Crippen molar-refractivity contribution in [2.75, 3.05) is 56.0 Å². The van der Waals surface area contributed by atoms with E-state index in [-0.39, 0.29) is 17.7 Å². The summed E-state index contributed by atoms with van der Waals surface area (Å²) in [5, 5.41) is 3.05. The molecule has 6 nitrogen and oxygen atoms in total. The molecule has 1 atom stereocenters. The molecule has 0 spiro atoms. The first-order valence-electron chi connectivity index (χ1n) is 11.3. The van der Waals surface area contributed by atoms with E-state index in [9.17, 15) is 9.59 Å². The van der Waals surface area contributed by atoms with Crippen molar-refractivity contribution in [2.45, 2.75) is 39.5 Å². The lowest BCUT2D eigenvalue weighted by molar-refractivity contribution is -0.117. The number of benzene rings is 1. The summed E-state index contributed by atoms with van der Waals surface area (Å²) in [4.78, 5) is 32.3. The van der Waals surface area contributed by atoms with Crippen LogP contribution in [0.3, 0.4) is 0 Å². The van der Waals surface area contributed by atoms with Crippen molar-refractivity contribution in [3.05, 3.63) is 23.8 Å². The van der Waals surface area contributed by atoms with Gasteiger partial charge in [0.05, 0.1) is 11.3 Å². The van der Waals surface area contributed by atoms with Crippen LogP contribution in [0.1, 0.15) is 49.9 Å². The van der Waals surface area contributed by atoms with Crippen LogP contribution in [0.5, 0.6) is 0 Å². The van der Waals surface area contributed by atoms with Gasteiger partial charge in [-0.15, -0.1) is 0 Å². The highest BCUT2D eigenvalue weighted by atomic mass is 16.2. The van der Waals surface area contributed by atoms with Crippen LogP contribution in [-0.2, 0) is 4.79 Å². The van der Waals surface area contributed by atoms with E-state index in [0.29, 0.717) is 5.92 Å². The molecule has 0 radical (unpaired) electrons. The van der Waals surface area contributed by atoms with Crippen LogP contribution in [-0.4, -0.2) is 67.4 Å². The van der Waals surface area contributed by atoms with Crippen molar-refractivity contribution in [1.82, 2.24) is 9.80 Å². The minimum atomic E-state index is 0.108. The molecule has 29 heavy (non-hydrogen) atoms. The number of nitrogens with one attached hydrogen (secondary N) is 1. The van der Waals surface area contributed by atoms with Gasteiger partial charge in [0.15, 0.2) is 0 Å². The Morgan fingerprint density at radius 1 is 1.07 bits per heavy atom. The minimum absolute atomic E-state index is 0.108. The molecule has 2 aliphatic heterocycles. The lowest BCUT2D eigenvalue weighted by Gasteiger charge is -2.35. The van der Waals surface area contributed by atoms with Crippen molar-refractivity contribution >= 4 is 23.2 Å². The average Bonchev–Trinajstić information content (AvgIpc) is 3.49. The second-order valence-corrected chi connectivity index (χ2v) is 8.97. The molecule has 2 amide bonds. The van der Waals surface area contributed by atoms with Gasteiger partial charge in [0, 0.05) is 50.9 Å². The van der Waals surface area contributed by atoms with E-state index < -0.39 is 0 Å². The molecule has 1 aliphatic carbocycles. The topological polar surface area (TPSA) is 55.9 Å². The largest absolute Gasteiger partial charge is 0.371 e. The number of hydrogen-bond acceptors (Lipinski definition) is 4. The maximum atomic E-state index is 13.4. The Labute approximate surface area is 174 Å².